The maximum absolute atomic E-state index is 12.6. The lowest BCUT2D eigenvalue weighted by Crippen LogP contribution is -2.35. The molecule has 1 heterocycles. The van der Waals surface area contributed by atoms with Crippen molar-refractivity contribution in [3.8, 4) is 0 Å². The molecule has 1 saturated carbocycles. The summed E-state index contributed by atoms with van der Waals surface area (Å²) in [7, 11) is 3.72. The van der Waals surface area contributed by atoms with E-state index >= 15 is 0 Å². The molecule has 0 bridgehead atoms. The highest BCUT2D eigenvalue weighted by Gasteiger charge is 2.31. The number of carbonyl (C=O) groups excluding carboxylic acids is 1. The van der Waals surface area contributed by atoms with Crippen molar-refractivity contribution in [3.05, 3.63) is 47.8 Å². The van der Waals surface area contributed by atoms with Crippen molar-refractivity contribution in [2.45, 2.75) is 29.9 Å². The molecule has 0 aliphatic heterocycles. The van der Waals surface area contributed by atoms with E-state index in [-0.39, 0.29) is 5.91 Å². The van der Waals surface area contributed by atoms with Crippen molar-refractivity contribution < 1.29 is 9.90 Å². The van der Waals surface area contributed by atoms with Crippen LogP contribution in [0.1, 0.15) is 28.8 Å². The lowest BCUT2D eigenvalue weighted by molar-refractivity contribution is 0.0645. The fraction of sp³-hybridized carbons (Fsp3) is 0.444. The molecule has 1 unspecified atom stereocenters. The monoisotopic (exact) mass is 345 g/mol. The Balaban J connectivity index is 1.61. The van der Waals surface area contributed by atoms with Gasteiger partial charge in [-0.15, -0.1) is 0 Å². The summed E-state index contributed by atoms with van der Waals surface area (Å²) in [4.78, 5) is 18.5. The van der Waals surface area contributed by atoms with Crippen LogP contribution in [0.3, 0.4) is 0 Å². The second kappa shape index (κ2) is 7.40. The molecular weight excluding hydrogens is 322 g/mol. The molecule has 1 aromatic heterocycles. The van der Waals surface area contributed by atoms with Crippen LogP contribution in [0.4, 0.5) is 0 Å². The highest BCUT2D eigenvalue weighted by molar-refractivity contribution is 7.98. The van der Waals surface area contributed by atoms with Gasteiger partial charge in [0.25, 0.3) is 5.91 Å². The minimum absolute atomic E-state index is 0.0430. The van der Waals surface area contributed by atoms with E-state index in [2.05, 4.69) is 4.98 Å². The van der Waals surface area contributed by atoms with Crippen molar-refractivity contribution in [2.24, 2.45) is 13.0 Å². The van der Waals surface area contributed by atoms with Gasteiger partial charge in [0.05, 0.1) is 6.10 Å². The van der Waals surface area contributed by atoms with Gasteiger partial charge < -0.3 is 14.6 Å². The molecule has 1 atom stereocenters. The number of rotatable bonds is 7. The van der Waals surface area contributed by atoms with E-state index < -0.39 is 6.10 Å². The Morgan fingerprint density at radius 2 is 2.29 bits per heavy atom. The number of benzene rings is 1. The fourth-order valence-electron chi connectivity index (χ4n) is 2.65. The van der Waals surface area contributed by atoms with Gasteiger partial charge in [0, 0.05) is 44.4 Å². The molecule has 0 spiro atoms. The number of aliphatic hydroxyl groups excluding tert-OH is 1. The maximum Gasteiger partial charge on any atom is 0.253 e. The van der Waals surface area contributed by atoms with Gasteiger partial charge in [-0.3, -0.25) is 4.79 Å². The molecular formula is C18H23N3O2S. The molecule has 128 valence electrons. The molecule has 2 aromatic rings. The predicted octanol–water partition coefficient (Wildman–Crippen LogP) is 2.56. The molecule has 5 nitrogen and oxygen atoms in total. The first-order valence-corrected chi connectivity index (χ1v) is 9.15. The van der Waals surface area contributed by atoms with Crippen molar-refractivity contribution in [1.82, 2.24) is 14.5 Å². The Bertz CT molecular complexity index is 712. The number of imidazole rings is 1. The Kier molecular flexibility index (Phi) is 5.26. The van der Waals surface area contributed by atoms with Crippen LogP contribution in [0.15, 0.2) is 41.8 Å². The second-order valence-corrected chi connectivity index (χ2v) is 7.34. The minimum atomic E-state index is -0.402. The molecule has 1 aliphatic carbocycles. The standard InChI is InChI=1S/C18H23N3O2S/c1-20-9-8-19-18(20)24-12-13-4-3-5-15(10-13)17(23)21(2)11-16(22)14-6-7-14/h3-5,8-10,14,16,22H,6-7,11-12H2,1-2H3. The highest BCUT2D eigenvalue weighted by atomic mass is 32.2. The maximum atomic E-state index is 12.6. The molecule has 6 heteroatoms. The van der Waals surface area contributed by atoms with Crippen LogP contribution in [0.25, 0.3) is 0 Å². The van der Waals surface area contributed by atoms with Gasteiger partial charge in [-0.25, -0.2) is 4.98 Å². The summed E-state index contributed by atoms with van der Waals surface area (Å²) in [5.74, 6) is 1.10. The van der Waals surface area contributed by atoms with Gasteiger partial charge in [0.1, 0.15) is 0 Å². The molecule has 1 aliphatic rings. The van der Waals surface area contributed by atoms with Gasteiger partial charge in [0.15, 0.2) is 5.16 Å². The summed E-state index contributed by atoms with van der Waals surface area (Å²) >= 11 is 1.65. The summed E-state index contributed by atoms with van der Waals surface area (Å²) in [6, 6.07) is 7.69. The zero-order valence-electron chi connectivity index (χ0n) is 14.1. The van der Waals surface area contributed by atoms with Crippen molar-refractivity contribution in [1.29, 1.82) is 0 Å². The van der Waals surface area contributed by atoms with E-state index in [1.54, 1.807) is 29.9 Å². The largest absolute Gasteiger partial charge is 0.391 e. The summed E-state index contributed by atoms with van der Waals surface area (Å²) < 4.78 is 1.98. The highest BCUT2D eigenvalue weighted by Crippen LogP contribution is 2.32. The number of thioether (sulfide) groups is 1. The van der Waals surface area contributed by atoms with Crippen LogP contribution in [0.2, 0.25) is 0 Å². The number of likely N-dealkylation sites (N-methyl/N-ethyl adjacent to an activating group) is 1. The summed E-state index contributed by atoms with van der Waals surface area (Å²) in [5, 5.41) is 11.0. The Hall–Kier alpha value is -1.79. The average Bonchev–Trinajstić information content (AvgIpc) is 3.35. The number of aryl methyl sites for hydroxylation is 1. The number of hydrogen-bond donors (Lipinski definition) is 1. The number of aromatic nitrogens is 2. The van der Waals surface area contributed by atoms with E-state index in [9.17, 15) is 9.90 Å². The van der Waals surface area contributed by atoms with Gasteiger partial charge in [-0.05, 0) is 36.5 Å². The third kappa shape index (κ3) is 4.19. The normalized spacial score (nSPS) is 15.3. The van der Waals surface area contributed by atoms with Crippen molar-refractivity contribution in [2.75, 3.05) is 13.6 Å². The van der Waals surface area contributed by atoms with Crippen LogP contribution >= 0.6 is 11.8 Å². The molecule has 3 rings (SSSR count). The first-order valence-electron chi connectivity index (χ1n) is 8.17. The van der Waals surface area contributed by atoms with E-state index in [4.69, 9.17) is 0 Å². The molecule has 1 amide bonds. The minimum Gasteiger partial charge on any atom is -0.391 e. The van der Waals surface area contributed by atoms with Gasteiger partial charge >= 0.3 is 0 Å². The number of amides is 1. The van der Waals surface area contributed by atoms with E-state index in [0.29, 0.717) is 18.0 Å². The van der Waals surface area contributed by atoms with E-state index in [1.165, 1.54) is 0 Å². The zero-order chi connectivity index (χ0) is 17.1. The first kappa shape index (κ1) is 17.0. The first-order chi connectivity index (χ1) is 11.5. The van der Waals surface area contributed by atoms with Crippen LogP contribution in [0, 0.1) is 5.92 Å². The third-order valence-electron chi connectivity index (χ3n) is 4.29. The Labute approximate surface area is 146 Å². The van der Waals surface area contributed by atoms with E-state index in [1.807, 2.05) is 42.1 Å². The summed E-state index contributed by atoms with van der Waals surface area (Å²) in [6.45, 7) is 0.399. The SMILES string of the molecule is CN(CC(O)C1CC1)C(=O)c1cccc(CSc2nccn2C)c1. The second-order valence-electron chi connectivity index (χ2n) is 6.40. The lowest BCUT2D eigenvalue weighted by atomic mass is 10.1. The summed E-state index contributed by atoms with van der Waals surface area (Å²) in [6.07, 6.45) is 5.44. The van der Waals surface area contributed by atoms with Gasteiger partial charge in [-0.1, -0.05) is 23.9 Å². The topological polar surface area (TPSA) is 58.4 Å². The number of aliphatic hydroxyl groups is 1. The number of hydrogen-bond acceptors (Lipinski definition) is 4. The van der Waals surface area contributed by atoms with Gasteiger partial charge in [-0.2, -0.15) is 0 Å². The molecule has 1 fully saturated rings. The van der Waals surface area contributed by atoms with Crippen LogP contribution in [-0.4, -0.2) is 45.2 Å². The summed E-state index contributed by atoms with van der Waals surface area (Å²) in [5.41, 5.74) is 1.75. The quantitative estimate of drug-likeness (QED) is 0.784. The van der Waals surface area contributed by atoms with Crippen LogP contribution < -0.4 is 0 Å². The fourth-order valence-corrected chi connectivity index (χ4v) is 3.52. The third-order valence-corrected chi connectivity index (χ3v) is 5.42. The Morgan fingerprint density at radius 1 is 1.50 bits per heavy atom. The number of nitrogens with zero attached hydrogens (tertiary/aromatic N) is 3. The molecule has 1 N–H and O–H groups in total. The van der Waals surface area contributed by atoms with Crippen LogP contribution in [-0.2, 0) is 12.8 Å². The van der Waals surface area contributed by atoms with Gasteiger partial charge in [0.2, 0.25) is 0 Å². The number of carbonyl (C=O) groups is 1. The van der Waals surface area contributed by atoms with Crippen molar-refractivity contribution in [3.63, 3.8) is 0 Å². The van der Waals surface area contributed by atoms with Crippen LogP contribution in [0.5, 0.6) is 0 Å². The molecule has 0 radical (unpaired) electrons. The zero-order valence-corrected chi connectivity index (χ0v) is 14.9. The smallest absolute Gasteiger partial charge is 0.253 e. The molecule has 0 saturated heterocycles. The van der Waals surface area contributed by atoms with E-state index in [0.717, 1.165) is 29.3 Å². The Morgan fingerprint density at radius 3 is 2.96 bits per heavy atom. The molecule has 1 aromatic carbocycles. The molecule has 24 heavy (non-hydrogen) atoms. The van der Waals surface area contributed by atoms with Crippen molar-refractivity contribution >= 4 is 17.7 Å². The average molecular weight is 345 g/mol. The lowest BCUT2D eigenvalue weighted by Gasteiger charge is -2.21. The predicted molar refractivity (Wildman–Crippen MR) is 94.9 cm³/mol.